The van der Waals surface area contributed by atoms with Crippen molar-refractivity contribution in [2.24, 2.45) is 5.41 Å². The van der Waals surface area contributed by atoms with Crippen LogP contribution >= 0.6 is 11.3 Å². The third-order valence-electron chi connectivity index (χ3n) is 5.07. The molecule has 2 aromatic heterocycles. The molecule has 25 heavy (non-hydrogen) atoms. The molecule has 0 radical (unpaired) electrons. The van der Waals surface area contributed by atoms with E-state index in [1.807, 2.05) is 28.5 Å². The lowest BCUT2D eigenvalue weighted by Gasteiger charge is -2.49. The van der Waals surface area contributed by atoms with Gasteiger partial charge in [0.05, 0.1) is 18.2 Å². The second-order valence-corrected chi connectivity index (χ2v) is 7.39. The first-order valence-electron chi connectivity index (χ1n) is 8.60. The van der Waals surface area contributed by atoms with Crippen LogP contribution in [0.3, 0.4) is 0 Å². The smallest absolute Gasteiger partial charge is 0.273 e. The monoisotopic (exact) mass is 359 g/mol. The van der Waals surface area contributed by atoms with Gasteiger partial charge < -0.3 is 14.4 Å². The van der Waals surface area contributed by atoms with E-state index in [0.717, 1.165) is 25.9 Å². The van der Waals surface area contributed by atoms with Gasteiger partial charge in [-0.15, -0.1) is 11.3 Å². The molecule has 2 aromatic rings. The van der Waals surface area contributed by atoms with Crippen LogP contribution in [0.5, 0.6) is 5.88 Å². The van der Waals surface area contributed by atoms with E-state index in [1.165, 1.54) is 11.3 Å². The van der Waals surface area contributed by atoms with Crippen LogP contribution in [0, 0.1) is 5.41 Å². The van der Waals surface area contributed by atoms with Crippen LogP contribution < -0.4 is 4.74 Å². The first kappa shape index (κ1) is 16.5. The summed E-state index contributed by atoms with van der Waals surface area (Å²) in [6.07, 6.45) is 4.67. The van der Waals surface area contributed by atoms with Gasteiger partial charge in [-0.2, -0.15) is 0 Å². The van der Waals surface area contributed by atoms with Gasteiger partial charge in [0.2, 0.25) is 5.88 Å². The predicted octanol–water partition coefficient (Wildman–Crippen LogP) is 2.63. The third-order valence-corrected chi connectivity index (χ3v) is 5.66. The van der Waals surface area contributed by atoms with E-state index in [-0.39, 0.29) is 17.4 Å². The van der Waals surface area contributed by atoms with Crippen LogP contribution in [-0.2, 0) is 4.74 Å². The molecular formula is C18H21N3O3S. The molecule has 4 rings (SSSR count). The van der Waals surface area contributed by atoms with E-state index in [0.29, 0.717) is 31.3 Å². The lowest BCUT2D eigenvalue weighted by Crippen LogP contribution is -2.58. The highest BCUT2D eigenvalue weighted by Crippen LogP contribution is 2.40. The minimum atomic E-state index is -0.181. The molecule has 0 N–H and O–H groups in total. The second kappa shape index (κ2) is 7.09. The summed E-state index contributed by atoms with van der Waals surface area (Å²) >= 11 is 1.45. The Morgan fingerprint density at radius 2 is 2.40 bits per heavy atom. The summed E-state index contributed by atoms with van der Waals surface area (Å²) in [5, 5.41) is 1.81. The van der Waals surface area contributed by atoms with Gasteiger partial charge >= 0.3 is 0 Å². The number of carbonyl (C=O) groups excluding carboxylic acids is 1. The zero-order valence-electron chi connectivity index (χ0n) is 14.0. The largest absolute Gasteiger partial charge is 0.477 e. The van der Waals surface area contributed by atoms with Crippen LogP contribution in [0.2, 0.25) is 0 Å². The molecule has 7 heteroatoms. The summed E-state index contributed by atoms with van der Waals surface area (Å²) in [4.78, 5) is 23.0. The average Bonchev–Trinajstić information content (AvgIpc) is 3.21. The Morgan fingerprint density at radius 1 is 1.44 bits per heavy atom. The molecule has 2 fully saturated rings. The number of hydrogen-bond donors (Lipinski definition) is 0. The number of hydrogen-bond acceptors (Lipinski definition) is 6. The van der Waals surface area contributed by atoms with E-state index < -0.39 is 0 Å². The molecule has 2 saturated heterocycles. The maximum absolute atomic E-state index is 12.7. The summed E-state index contributed by atoms with van der Waals surface area (Å²) in [5.41, 5.74) is 2.05. The number of pyridine rings is 1. The van der Waals surface area contributed by atoms with Gasteiger partial charge in [0.15, 0.2) is 0 Å². The molecule has 1 amide bonds. The normalized spacial score (nSPS) is 26.1. The third kappa shape index (κ3) is 3.39. The van der Waals surface area contributed by atoms with Gasteiger partial charge in [-0.1, -0.05) is 6.07 Å². The fourth-order valence-electron chi connectivity index (χ4n) is 3.80. The van der Waals surface area contributed by atoms with Crippen LogP contribution in [0.1, 0.15) is 29.8 Å². The zero-order chi connectivity index (χ0) is 17.1. The van der Waals surface area contributed by atoms with E-state index in [9.17, 15) is 4.79 Å². The Kier molecular flexibility index (Phi) is 4.67. The van der Waals surface area contributed by atoms with Crippen molar-refractivity contribution in [3.8, 4) is 5.88 Å². The number of aromatic nitrogens is 2. The zero-order valence-corrected chi connectivity index (χ0v) is 14.8. The van der Waals surface area contributed by atoms with Gasteiger partial charge in [0, 0.05) is 42.8 Å². The van der Waals surface area contributed by atoms with Crippen molar-refractivity contribution in [3.63, 3.8) is 0 Å². The summed E-state index contributed by atoms with van der Waals surface area (Å²) in [6.45, 7) is 2.64. The van der Waals surface area contributed by atoms with Crippen molar-refractivity contribution in [2.75, 3.05) is 26.3 Å². The molecule has 6 nitrogen and oxygen atoms in total. The van der Waals surface area contributed by atoms with Crippen molar-refractivity contribution in [3.05, 3.63) is 41.0 Å². The lowest BCUT2D eigenvalue weighted by atomic mass is 9.73. The minimum Gasteiger partial charge on any atom is -0.477 e. The molecule has 0 spiro atoms. The number of amides is 1. The molecule has 0 bridgehead atoms. The molecule has 0 aromatic carbocycles. The van der Waals surface area contributed by atoms with Crippen LogP contribution in [-0.4, -0.2) is 53.2 Å². The molecule has 0 saturated carbocycles. The number of rotatable bonds is 4. The Labute approximate surface area is 150 Å². The van der Waals surface area contributed by atoms with Crippen molar-refractivity contribution in [1.82, 2.24) is 14.9 Å². The van der Waals surface area contributed by atoms with Gasteiger partial charge in [0.25, 0.3) is 5.91 Å². The van der Waals surface area contributed by atoms with Gasteiger partial charge in [0.1, 0.15) is 5.69 Å². The highest BCUT2D eigenvalue weighted by atomic mass is 32.1. The number of fused-ring (bicyclic) bond motifs is 1. The van der Waals surface area contributed by atoms with E-state index in [1.54, 1.807) is 11.7 Å². The van der Waals surface area contributed by atoms with Gasteiger partial charge in [-0.3, -0.25) is 4.79 Å². The van der Waals surface area contributed by atoms with Crippen molar-refractivity contribution in [1.29, 1.82) is 0 Å². The molecule has 4 heterocycles. The van der Waals surface area contributed by atoms with Crippen molar-refractivity contribution in [2.45, 2.75) is 25.4 Å². The fraction of sp³-hybridized carbons (Fsp3) is 0.500. The molecule has 2 atom stereocenters. The average molecular weight is 359 g/mol. The molecular weight excluding hydrogens is 338 g/mol. The molecule has 0 aliphatic carbocycles. The first-order chi connectivity index (χ1) is 12.3. The van der Waals surface area contributed by atoms with E-state index in [4.69, 9.17) is 9.47 Å². The minimum absolute atomic E-state index is 0.00230. The quantitative estimate of drug-likeness (QED) is 0.840. The Bertz CT molecular complexity index is 710. The molecule has 2 aliphatic rings. The highest BCUT2D eigenvalue weighted by Gasteiger charge is 2.48. The number of thiazole rings is 1. The molecule has 132 valence electrons. The van der Waals surface area contributed by atoms with Crippen LogP contribution in [0.4, 0.5) is 0 Å². The van der Waals surface area contributed by atoms with Crippen LogP contribution in [0.15, 0.2) is 35.3 Å². The van der Waals surface area contributed by atoms with Crippen molar-refractivity contribution < 1.29 is 14.3 Å². The van der Waals surface area contributed by atoms with Crippen molar-refractivity contribution >= 4 is 17.2 Å². The molecule has 2 aliphatic heterocycles. The number of carbonyl (C=O) groups is 1. The van der Waals surface area contributed by atoms with Gasteiger partial charge in [-0.05, 0) is 25.3 Å². The Hall–Kier alpha value is -1.99. The lowest BCUT2D eigenvalue weighted by molar-refractivity contribution is -0.133. The summed E-state index contributed by atoms with van der Waals surface area (Å²) in [7, 11) is 0. The summed E-state index contributed by atoms with van der Waals surface area (Å²) < 4.78 is 12.0. The first-order valence-corrected chi connectivity index (χ1v) is 9.54. The van der Waals surface area contributed by atoms with E-state index >= 15 is 0 Å². The number of piperidine rings is 1. The maximum atomic E-state index is 12.7. The standard InChI is InChI=1S/C18H21N3O3S/c22-17(14-10-25-13-20-14)21-8-5-15-18(11-21,6-3-9-23-15)12-24-16-4-1-2-7-19-16/h1-2,4,7,10,13,15H,3,5-6,8-9,11-12H2/t15-,18-/m0/s1. The number of likely N-dealkylation sites (tertiary alicyclic amines) is 1. The molecule has 0 unspecified atom stereocenters. The SMILES string of the molecule is O=C(c1cscn1)N1CC[C@@H]2OCCC[C@@]2(COc2ccccn2)C1. The summed E-state index contributed by atoms with van der Waals surface area (Å²) in [5.74, 6) is 0.617. The Balaban J connectivity index is 1.51. The van der Waals surface area contributed by atoms with E-state index in [2.05, 4.69) is 9.97 Å². The maximum Gasteiger partial charge on any atom is 0.273 e. The fourth-order valence-corrected chi connectivity index (χ4v) is 4.33. The highest BCUT2D eigenvalue weighted by molar-refractivity contribution is 7.07. The number of nitrogens with zero attached hydrogens (tertiary/aromatic N) is 3. The number of ether oxygens (including phenoxy) is 2. The topological polar surface area (TPSA) is 64.6 Å². The van der Waals surface area contributed by atoms with Gasteiger partial charge in [-0.25, -0.2) is 9.97 Å². The van der Waals surface area contributed by atoms with Crippen LogP contribution in [0.25, 0.3) is 0 Å². The summed E-state index contributed by atoms with van der Waals surface area (Å²) in [6, 6.07) is 5.64. The predicted molar refractivity (Wildman–Crippen MR) is 93.8 cm³/mol. The second-order valence-electron chi connectivity index (χ2n) is 6.67. The Morgan fingerprint density at radius 3 is 3.20 bits per heavy atom.